The minimum Gasteiger partial charge on any atom is -0.351 e. The van der Waals surface area contributed by atoms with Crippen LogP contribution in [-0.4, -0.2) is 23.8 Å². The summed E-state index contributed by atoms with van der Waals surface area (Å²) in [7, 11) is 0. The molecule has 0 aromatic heterocycles. The van der Waals surface area contributed by atoms with E-state index >= 15 is 0 Å². The fourth-order valence-electron chi connectivity index (χ4n) is 1.48. The van der Waals surface area contributed by atoms with Gasteiger partial charge in [0, 0.05) is 6.61 Å². The molecule has 2 nitrogen and oxygen atoms in total. The molecule has 1 aliphatic rings. The Morgan fingerprint density at radius 3 is 2.79 bits per heavy atom. The van der Waals surface area contributed by atoms with E-state index in [0.717, 1.165) is 19.4 Å². The Hall–Kier alpha value is 0.140. The fourth-order valence-corrected chi connectivity index (χ4v) is 2.08. The molecule has 82 valence electrons. The molecule has 1 rings (SSSR count). The second kappa shape index (κ2) is 5.89. The Kier molecular flexibility index (Phi) is 5.13. The second-order valence-electron chi connectivity index (χ2n) is 3.98. The Labute approximate surface area is 94.8 Å². The average molecular weight is 263 g/mol. The van der Waals surface area contributed by atoms with E-state index in [1.165, 1.54) is 0 Å². The molecule has 1 fully saturated rings. The predicted octanol–water partition coefficient (Wildman–Crippen LogP) is 3.11. The normalized spacial score (nSPS) is 30.3. The van der Waals surface area contributed by atoms with Crippen LogP contribution in [0.5, 0.6) is 0 Å². The van der Waals surface area contributed by atoms with E-state index < -0.39 is 0 Å². The summed E-state index contributed by atoms with van der Waals surface area (Å²) in [5.74, 6) is 0.442. The maximum absolute atomic E-state index is 5.83. The van der Waals surface area contributed by atoms with Crippen LogP contribution in [0.3, 0.4) is 0 Å². The molecule has 0 aromatic rings. The molecule has 0 spiro atoms. The number of rotatable bonds is 4. The van der Waals surface area contributed by atoms with E-state index in [1.54, 1.807) is 0 Å². The lowest BCUT2D eigenvalue weighted by molar-refractivity contribution is -0.180. The Morgan fingerprint density at radius 1 is 1.57 bits per heavy atom. The molecule has 0 aromatic carbocycles. The first-order valence-corrected chi connectivity index (χ1v) is 6.10. The second-order valence-corrected chi connectivity index (χ2v) is 5.15. The minimum atomic E-state index is -0.117. The van der Waals surface area contributed by atoms with E-state index in [4.69, 9.17) is 9.47 Å². The number of hydrogen-bond donors (Lipinski definition) is 0. The van der Waals surface area contributed by atoms with Crippen LogP contribution in [-0.2, 0) is 9.47 Å². The zero-order valence-corrected chi connectivity index (χ0v) is 10.5. The molecule has 3 heteroatoms. The van der Waals surface area contributed by atoms with Crippen molar-refractivity contribution in [2.24, 2.45) is 5.92 Å². The van der Waals surface area contributed by atoms with Gasteiger partial charge in [0.2, 0.25) is 0 Å². The monoisotopic (exact) mass is 262 g/mol. The average Bonchev–Trinajstić information content (AvgIpc) is 2.16. The largest absolute Gasteiger partial charge is 0.351 e. The molecular formula is C11H19BrO2. The number of ether oxygens (including phenoxy) is 2. The lowest BCUT2D eigenvalue weighted by Crippen LogP contribution is -2.36. The molecule has 0 saturated carbocycles. The fraction of sp³-hybridized carbons (Fsp3) is 0.818. The molecule has 1 saturated heterocycles. The van der Waals surface area contributed by atoms with Crippen LogP contribution >= 0.6 is 15.9 Å². The summed E-state index contributed by atoms with van der Waals surface area (Å²) in [5.41, 5.74) is 0. The van der Waals surface area contributed by atoms with Crippen molar-refractivity contribution in [3.63, 3.8) is 0 Å². The summed E-state index contributed by atoms with van der Waals surface area (Å²) < 4.78 is 11.4. The predicted molar refractivity (Wildman–Crippen MR) is 61.6 cm³/mol. The molecule has 1 heterocycles. The molecule has 0 amide bonds. The van der Waals surface area contributed by atoms with Gasteiger partial charge in [0.05, 0.1) is 10.9 Å². The van der Waals surface area contributed by atoms with Crippen molar-refractivity contribution >= 4 is 15.9 Å². The molecule has 14 heavy (non-hydrogen) atoms. The highest BCUT2D eigenvalue weighted by atomic mass is 79.9. The van der Waals surface area contributed by atoms with Gasteiger partial charge in [-0.15, -0.1) is 6.58 Å². The zero-order chi connectivity index (χ0) is 10.6. The maximum atomic E-state index is 5.83. The van der Waals surface area contributed by atoms with Crippen molar-refractivity contribution < 1.29 is 9.47 Å². The van der Waals surface area contributed by atoms with Crippen molar-refractivity contribution in [1.82, 2.24) is 0 Å². The molecule has 0 bridgehead atoms. The first-order chi connectivity index (χ1) is 6.65. The Bertz CT molecular complexity index is 182. The topological polar surface area (TPSA) is 18.5 Å². The van der Waals surface area contributed by atoms with E-state index in [2.05, 4.69) is 36.4 Å². The van der Waals surface area contributed by atoms with Crippen molar-refractivity contribution in [1.29, 1.82) is 0 Å². The molecule has 1 aliphatic heterocycles. The van der Waals surface area contributed by atoms with Gasteiger partial charge in [0.15, 0.2) is 6.29 Å². The summed E-state index contributed by atoms with van der Waals surface area (Å²) in [6.07, 6.45) is 4.04. The summed E-state index contributed by atoms with van der Waals surface area (Å²) in [6.45, 7) is 8.82. The Morgan fingerprint density at radius 2 is 2.29 bits per heavy atom. The number of halogens is 1. The highest BCUT2D eigenvalue weighted by Crippen LogP contribution is 2.24. The van der Waals surface area contributed by atoms with Crippen LogP contribution in [0.1, 0.15) is 26.7 Å². The van der Waals surface area contributed by atoms with E-state index in [9.17, 15) is 0 Å². The molecule has 0 N–H and O–H groups in total. The van der Waals surface area contributed by atoms with Gasteiger partial charge in [0.25, 0.3) is 0 Å². The van der Waals surface area contributed by atoms with Crippen molar-refractivity contribution in [3.8, 4) is 0 Å². The third-order valence-electron chi connectivity index (χ3n) is 2.38. The van der Waals surface area contributed by atoms with Crippen molar-refractivity contribution in [2.75, 3.05) is 6.61 Å². The summed E-state index contributed by atoms with van der Waals surface area (Å²) in [5, 5.41) is 0. The zero-order valence-electron chi connectivity index (χ0n) is 8.91. The highest BCUT2D eigenvalue weighted by Gasteiger charge is 2.27. The van der Waals surface area contributed by atoms with Crippen LogP contribution in [0.25, 0.3) is 0 Å². The third kappa shape index (κ3) is 3.37. The third-order valence-corrected chi connectivity index (χ3v) is 3.27. The van der Waals surface area contributed by atoms with Gasteiger partial charge >= 0.3 is 0 Å². The Balaban J connectivity index is 2.43. The maximum Gasteiger partial charge on any atom is 0.170 e. The quantitative estimate of drug-likeness (QED) is 0.573. The van der Waals surface area contributed by atoms with Crippen LogP contribution in [0.4, 0.5) is 0 Å². The first kappa shape index (κ1) is 12.2. The van der Waals surface area contributed by atoms with Gasteiger partial charge in [-0.3, -0.25) is 0 Å². The van der Waals surface area contributed by atoms with Crippen molar-refractivity contribution in [2.45, 2.75) is 43.9 Å². The van der Waals surface area contributed by atoms with Gasteiger partial charge in [0.1, 0.15) is 0 Å². The number of hydrogen-bond acceptors (Lipinski definition) is 2. The summed E-state index contributed by atoms with van der Waals surface area (Å²) in [6, 6.07) is 0. The van der Waals surface area contributed by atoms with Gasteiger partial charge in [-0.2, -0.15) is 0 Å². The van der Waals surface area contributed by atoms with E-state index in [-0.39, 0.29) is 12.4 Å². The smallest absolute Gasteiger partial charge is 0.170 e. The SMILES string of the molecule is C=CC(O[C@@H]1OCCC[C@H]1Br)C(C)C. The first-order valence-electron chi connectivity index (χ1n) is 5.19. The van der Waals surface area contributed by atoms with Crippen LogP contribution in [0, 0.1) is 5.92 Å². The van der Waals surface area contributed by atoms with Gasteiger partial charge in [-0.05, 0) is 18.8 Å². The minimum absolute atomic E-state index is 0.0816. The van der Waals surface area contributed by atoms with E-state index in [0.29, 0.717) is 10.7 Å². The summed E-state index contributed by atoms with van der Waals surface area (Å²) in [4.78, 5) is 0.317. The molecule has 1 unspecified atom stereocenters. The molecule has 0 radical (unpaired) electrons. The van der Waals surface area contributed by atoms with Gasteiger partial charge in [-0.1, -0.05) is 35.9 Å². The standard InChI is InChI=1S/C11H19BrO2/c1-4-10(8(2)3)14-11-9(12)6-5-7-13-11/h4,8-11H,1,5-7H2,2-3H3/t9-,10?,11+/m1/s1. The van der Waals surface area contributed by atoms with Crippen molar-refractivity contribution in [3.05, 3.63) is 12.7 Å². The van der Waals surface area contributed by atoms with E-state index in [1.807, 2.05) is 6.08 Å². The lowest BCUT2D eigenvalue weighted by Gasteiger charge is -2.31. The lowest BCUT2D eigenvalue weighted by atomic mass is 10.1. The van der Waals surface area contributed by atoms with Crippen LogP contribution in [0.2, 0.25) is 0 Å². The van der Waals surface area contributed by atoms with Crippen LogP contribution < -0.4 is 0 Å². The van der Waals surface area contributed by atoms with Crippen LogP contribution in [0.15, 0.2) is 12.7 Å². The van der Waals surface area contributed by atoms with Gasteiger partial charge < -0.3 is 9.47 Å². The highest BCUT2D eigenvalue weighted by molar-refractivity contribution is 9.09. The number of alkyl halides is 1. The summed E-state index contributed by atoms with van der Waals surface area (Å²) >= 11 is 3.58. The molecule has 3 atom stereocenters. The molecule has 0 aliphatic carbocycles. The molecular weight excluding hydrogens is 244 g/mol. The van der Waals surface area contributed by atoms with Gasteiger partial charge in [-0.25, -0.2) is 0 Å².